The van der Waals surface area contributed by atoms with E-state index in [2.05, 4.69) is 20.3 Å². The number of nitrogens with zero attached hydrogens (tertiary/aromatic N) is 3. The quantitative estimate of drug-likeness (QED) is 0.605. The largest absolute Gasteiger partial charge is 0.437 e. The van der Waals surface area contributed by atoms with Gasteiger partial charge in [0.15, 0.2) is 0 Å². The molecule has 0 radical (unpaired) electrons. The number of carbonyl (C=O) groups is 1. The number of benzene rings is 1. The Morgan fingerprint density at radius 2 is 1.85 bits per heavy atom. The van der Waals surface area contributed by atoms with Crippen molar-refractivity contribution in [2.75, 3.05) is 5.32 Å². The first kappa shape index (κ1) is 15.7. The molecule has 0 saturated heterocycles. The molecule has 0 aliphatic heterocycles. The number of hydrogen-bond donors (Lipinski definition) is 1. The molecule has 6 nitrogen and oxygen atoms in total. The summed E-state index contributed by atoms with van der Waals surface area (Å²) in [6.45, 7) is 0. The van der Waals surface area contributed by atoms with Crippen LogP contribution in [-0.2, 0) is 0 Å². The zero-order valence-electron chi connectivity index (χ0n) is 13.7. The maximum Gasteiger partial charge on any atom is 0.255 e. The van der Waals surface area contributed by atoms with Gasteiger partial charge in [0, 0.05) is 29.4 Å². The predicted octanol–water partition coefficient (Wildman–Crippen LogP) is 4.07. The molecule has 0 bridgehead atoms. The third-order valence-corrected chi connectivity index (χ3v) is 3.72. The third kappa shape index (κ3) is 3.49. The minimum Gasteiger partial charge on any atom is -0.437 e. The summed E-state index contributed by atoms with van der Waals surface area (Å²) < 4.78 is 5.58. The molecular weight excluding hydrogens is 328 g/mol. The number of amides is 1. The number of anilines is 1. The smallest absolute Gasteiger partial charge is 0.255 e. The van der Waals surface area contributed by atoms with E-state index in [9.17, 15) is 4.79 Å². The van der Waals surface area contributed by atoms with Gasteiger partial charge < -0.3 is 10.1 Å². The van der Waals surface area contributed by atoms with Crippen LogP contribution in [0.4, 0.5) is 5.69 Å². The van der Waals surface area contributed by atoms with Crippen LogP contribution in [0.1, 0.15) is 10.4 Å². The van der Waals surface area contributed by atoms with E-state index in [1.807, 2.05) is 24.3 Å². The molecule has 0 fully saturated rings. The Hall–Kier alpha value is -3.80. The Balaban J connectivity index is 1.46. The van der Waals surface area contributed by atoms with Crippen molar-refractivity contribution in [3.63, 3.8) is 0 Å². The van der Waals surface area contributed by atoms with Gasteiger partial charge in [-0.05, 0) is 42.5 Å². The van der Waals surface area contributed by atoms with Crippen LogP contribution in [0.5, 0.6) is 11.6 Å². The van der Waals surface area contributed by atoms with Crippen molar-refractivity contribution in [3.8, 4) is 11.6 Å². The molecule has 0 aliphatic rings. The Bertz CT molecular complexity index is 1050. The van der Waals surface area contributed by atoms with Crippen LogP contribution in [0.25, 0.3) is 10.9 Å². The van der Waals surface area contributed by atoms with E-state index >= 15 is 0 Å². The van der Waals surface area contributed by atoms with Gasteiger partial charge >= 0.3 is 0 Å². The minimum atomic E-state index is -0.210. The molecule has 0 spiro atoms. The van der Waals surface area contributed by atoms with Gasteiger partial charge in [-0.25, -0.2) is 4.98 Å². The second-order valence-electron chi connectivity index (χ2n) is 5.54. The molecule has 0 unspecified atom stereocenters. The Morgan fingerprint density at radius 1 is 0.923 bits per heavy atom. The fourth-order valence-corrected chi connectivity index (χ4v) is 2.46. The van der Waals surface area contributed by atoms with Gasteiger partial charge in [-0.15, -0.1) is 0 Å². The van der Waals surface area contributed by atoms with Gasteiger partial charge in [-0.3, -0.25) is 14.8 Å². The minimum absolute atomic E-state index is 0.210. The summed E-state index contributed by atoms with van der Waals surface area (Å²) in [5.41, 5.74) is 1.99. The highest BCUT2D eigenvalue weighted by molar-refractivity contribution is 6.06. The Morgan fingerprint density at radius 3 is 2.65 bits per heavy atom. The summed E-state index contributed by atoms with van der Waals surface area (Å²) in [7, 11) is 0. The average Bonchev–Trinajstić information content (AvgIpc) is 2.70. The van der Waals surface area contributed by atoms with E-state index in [0.717, 1.165) is 10.9 Å². The average molecular weight is 342 g/mol. The fourth-order valence-electron chi connectivity index (χ4n) is 2.46. The van der Waals surface area contributed by atoms with E-state index in [1.54, 1.807) is 55.1 Å². The zero-order chi connectivity index (χ0) is 17.8. The molecular formula is C20H14N4O2. The summed E-state index contributed by atoms with van der Waals surface area (Å²) in [4.78, 5) is 24.9. The number of hydrogen-bond acceptors (Lipinski definition) is 5. The van der Waals surface area contributed by atoms with Crippen LogP contribution >= 0.6 is 0 Å². The number of nitrogens with one attached hydrogen (secondary N) is 1. The van der Waals surface area contributed by atoms with Crippen molar-refractivity contribution >= 4 is 22.5 Å². The van der Waals surface area contributed by atoms with Gasteiger partial charge in [0.05, 0.1) is 23.6 Å². The summed E-state index contributed by atoms with van der Waals surface area (Å²) in [5, 5.41) is 3.74. The Kier molecular flexibility index (Phi) is 4.22. The lowest BCUT2D eigenvalue weighted by Gasteiger charge is -2.07. The molecule has 6 heteroatoms. The summed E-state index contributed by atoms with van der Waals surface area (Å²) in [6.07, 6.45) is 6.54. The Labute approximate surface area is 149 Å². The SMILES string of the molecule is O=C(Nc1ccc(Oc2cccnc2)nc1)c1ccc2ncccc2c1. The molecule has 1 N–H and O–H groups in total. The first-order valence-electron chi connectivity index (χ1n) is 7.98. The lowest BCUT2D eigenvalue weighted by atomic mass is 10.1. The summed E-state index contributed by atoms with van der Waals surface area (Å²) in [5.74, 6) is 0.813. The standard InChI is InChI=1S/C20H14N4O2/c25-20(15-5-7-18-14(11-15)3-1-10-22-18)24-16-6-8-19(23-12-16)26-17-4-2-9-21-13-17/h1-13H,(H,24,25). The van der Waals surface area contributed by atoms with Crippen LogP contribution < -0.4 is 10.1 Å². The second-order valence-corrected chi connectivity index (χ2v) is 5.54. The molecule has 3 aromatic heterocycles. The second kappa shape index (κ2) is 6.98. The summed E-state index contributed by atoms with van der Waals surface area (Å²) >= 11 is 0. The van der Waals surface area contributed by atoms with Crippen LogP contribution in [-0.4, -0.2) is 20.9 Å². The molecule has 0 saturated carbocycles. The molecule has 0 aliphatic carbocycles. The molecule has 1 aromatic carbocycles. The van der Waals surface area contributed by atoms with Gasteiger partial charge in [-0.2, -0.15) is 0 Å². The molecule has 1 amide bonds. The molecule has 26 heavy (non-hydrogen) atoms. The number of fused-ring (bicyclic) bond motifs is 1. The number of ether oxygens (including phenoxy) is 1. The number of carbonyl (C=O) groups excluding carboxylic acids is 1. The molecule has 3 heterocycles. The van der Waals surface area contributed by atoms with E-state index in [4.69, 9.17) is 4.74 Å². The predicted molar refractivity (Wildman–Crippen MR) is 98.2 cm³/mol. The first-order chi connectivity index (χ1) is 12.8. The van der Waals surface area contributed by atoms with E-state index in [1.165, 1.54) is 0 Å². The first-order valence-corrected chi connectivity index (χ1v) is 7.98. The fraction of sp³-hybridized carbons (Fsp3) is 0. The van der Waals surface area contributed by atoms with E-state index in [-0.39, 0.29) is 5.91 Å². The van der Waals surface area contributed by atoms with Crippen molar-refractivity contribution < 1.29 is 9.53 Å². The van der Waals surface area contributed by atoms with Crippen molar-refractivity contribution in [2.45, 2.75) is 0 Å². The van der Waals surface area contributed by atoms with Crippen molar-refractivity contribution in [1.29, 1.82) is 0 Å². The summed E-state index contributed by atoms with van der Waals surface area (Å²) in [6, 6.07) is 16.1. The van der Waals surface area contributed by atoms with E-state index in [0.29, 0.717) is 22.9 Å². The van der Waals surface area contributed by atoms with Crippen molar-refractivity contribution in [3.05, 3.63) is 84.9 Å². The highest BCUT2D eigenvalue weighted by Crippen LogP contribution is 2.20. The van der Waals surface area contributed by atoms with Gasteiger partial charge in [0.2, 0.25) is 5.88 Å². The lowest BCUT2D eigenvalue weighted by Crippen LogP contribution is -2.12. The van der Waals surface area contributed by atoms with Crippen molar-refractivity contribution in [2.24, 2.45) is 0 Å². The normalized spacial score (nSPS) is 10.5. The van der Waals surface area contributed by atoms with Crippen molar-refractivity contribution in [1.82, 2.24) is 15.0 Å². The molecule has 0 atom stereocenters. The van der Waals surface area contributed by atoms with Crippen LogP contribution in [0.2, 0.25) is 0 Å². The van der Waals surface area contributed by atoms with Gasteiger partial charge in [0.25, 0.3) is 5.91 Å². The number of rotatable bonds is 4. The lowest BCUT2D eigenvalue weighted by molar-refractivity contribution is 0.102. The number of pyridine rings is 3. The maximum absolute atomic E-state index is 12.4. The topological polar surface area (TPSA) is 77.0 Å². The third-order valence-electron chi connectivity index (χ3n) is 3.72. The van der Waals surface area contributed by atoms with Crippen LogP contribution in [0, 0.1) is 0 Å². The van der Waals surface area contributed by atoms with E-state index < -0.39 is 0 Å². The number of aromatic nitrogens is 3. The van der Waals surface area contributed by atoms with Crippen LogP contribution in [0.3, 0.4) is 0 Å². The zero-order valence-corrected chi connectivity index (χ0v) is 13.7. The molecule has 4 aromatic rings. The highest BCUT2D eigenvalue weighted by Gasteiger charge is 2.08. The molecule has 4 rings (SSSR count). The maximum atomic E-state index is 12.4. The van der Waals surface area contributed by atoms with Crippen LogP contribution in [0.15, 0.2) is 79.4 Å². The van der Waals surface area contributed by atoms with Gasteiger partial charge in [0.1, 0.15) is 5.75 Å². The molecule has 126 valence electrons. The van der Waals surface area contributed by atoms with Gasteiger partial charge in [-0.1, -0.05) is 6.07 Å². The highest BCUT2D eigenvalue weighted by atomic mass is 16.5. The monoisotopic (exact) mass is 342 g/mol.